The maximum Gasteiger partial charge on any atom is 0.170 e. The predicted octanol–water partition coefficient (Wildman–Crippen LogP) is 1.13. The van der Waals surface area contributed by atoms with E-state index in [2.05, 4.69) is 0 Å². The molecule has 0 aliphatic heterocycles. The molecule has 0 aromatic heterocycles. The molecule has 2 nitrogen and oxygen atoms in total. The van der Waals surface area contributed by atoms with E-state index in [0.29, 0.717) is 12.0 Å². The molecule has 0 heterocycles. The second kappa shape index (κ2) is 1.59. The molecule has 2 aliphatic carbocycles. The van der Waals surface area contributed by atoms with Crippen LogP contribution in [0.15, 0.2) is 18.2 Å². The van der Waals surface area contributed by atoms with Gasteiger partial charge in [-0.05, 0) is 17.7 Å². The Morgan fingerprint density at radius 1 is 1.40 bits per heavy atom. The quantitative estimate of drug-likeness (QED) is 0.577. The highest BCUT2D eigenvalue weighted by Gasteiger charge is 2.17. The van der Waals surface area contributed by atoms with Crippen molar-refractivity contribution in [2.75, 3.05) is 0 Å². The minimum Gasteiger partial charge on any atom is -0.507 e. The van der Waals surface area contributed by atoms with Gasteiger partial charge in [0.05, 0.1) is 5.56 Å². The van der Waals surface area contributed by atoms with Gasteiger partial charge < -0.3 is 5.11 Å². The summed E-state index contributed by atoms with van der Waals surface area (Å²) in [6.07, 6.45) is 0.454. The number of hydrogen-bond acceptors (Lipinski definition) is 2. The number of aromatic hydroxyl groups is 1. The van der Waals surface area contributed by atoms with Crippen molar-refractivity contribution >= 4 is 5.78 Å². The third-order valence-electron chi connectivity index (χ3n) is 1.73. The maximum atomic E-state index is 11.0. The summed E-state index contributed by atoms with van der Waals surface area (Å²) in [5.41, 5.74) is 1.35. The average Bonchev–Trinajstić information content (AvgIpc) is 1.86. The largest absolute Gasteiger partial charge is 0.507 e. The summed E-state index contributed by atoms with van der Waals surface area (Å²) in [7, 11) is 0. The Bertz CT molecular complexity index is 302. The van der Waals surface area contributed by atoms with Crippen LogP contribution in [-0.2, 0) is 6.42 Å². The van der Waals surface area contributed by atoms with Crippen LogP contribution in [0.1, 0.15) is 15.9 Å². The Balaban J connectivity index is 2.75. The van der Waals surface area contributed by atoms with Crippen LogP contribution < -0.4 is 0 Å². The number of carbonyl (C=O) groups excluding carboxylic acids is 1. The van der Waals surface area contributed by atoms with Crippen molar-refractivity contribution in [3.8, 4) is 5.75 Å². The van der Waals surface area contributed by atoms with Crippen LogP contribution in [0.5, 0.6) is 5.75 Å². The summed E-state index contributed by atoms with van der Waals surface area (Å²) in [5.74, 6) is 0.145. The van der Waals surface area contributed by atoms with Gasteiger partial charge in [-0.1, -0.05) is 6.07 Å². The summed E-state index contributed by atoms with van der Waals surface area (Å²) in [6.45, 7) is 0. The molecule has 50 valence electrons. The summed E-state index contributed by atoms with van der Waals surface area (Å²) >= 11 is 0. The van der Waals surface area contributed by atoms with Crippen LogP contribution in [0, 0.1) is 0 Å². The second-order valence-corrected chi connectivity index (χ2v) is 2.45. The van der Waals surface area contributed by atoms with Crippen LogP contribution in [0.2, 0.25) is 0 Å². The molecule has 0 amide bonds. The van der Waals surface area contributed by atoms with Crippen molar-refractivity contribution in [3.05, 3.63) is 29.3 Å². The fourth-order valence-electron chi connectivity index (χ4n) is 1.20. The Morgan fingerprint density at radius 2 is 2.20 bits per heavy atom. The standard InChI is InChI=1S/C8H6O2/c9-7-3-5-1-2-6(7)8(10)4-5/h1-3,9H,4H2. The molecule has 0 atom stereocenters. The molecule has 1 aromatic rings. The Kier molecular flexibility index (Phi) is 0.873. The predicted molar refractivity (Wildman–Crippen MR) is 36.1 cm³/mol. The van der Waals surface area contributed by atoms with E-state index in [9.17, 15) is 4.79 Å². The Morgan fingerprint density at radius 3 is 2.60 bits per heavy atom. The van der Waals surface area contributed by atoms with Gasteiger partial charge in [0, 0.05) is 6.42 Å². The van der Waals surface area contributed by atoms with Gasteiger partial charge in [0.2, 0.25) is 0 Å². The van der Waals surface area contributed by atoms with E-state index in [1.54, 1.807) is 12.1 Å². The Hall–Kier alpha value is -1.31. The molecule has 1 aromatic carbocycles. The first-order valence-corrected chi connectivity index (χ1v) is 3.12. The van der Waals surface area contributed by atoms with Crippen molar-refractivity contribution in [1.82, 2.24) is 0 Å². The average molecular weight is 134 g/mol. The van der Waals surface area contributed by atoms with Crippen LogP contribution in [0.25, 0.3) is 0 Å². The van der Waals surface area contributed by atoms with Crippen molar-refractivity contribution in [2.24, 2.45) is 0 Å². The van der Waals surface area contributed by atoms with Gasteiger partial charge in [0.15, 0.2) is 5.78 Å². The topological polar surface area (TPSA) is 37.3 Å². The number of rotatable bonds is 0. The summed E-state index contributed by atoms with van der Waals surface area (Å²) in [4.78, 5) is 11.0. The maximum absolute atomic E-state index is 11.0. The van der Waals surface area contributed by atoms with E-state index in [0.717, 1.165) is 5.56 Å². The molecule has 2 heteroatoms. The molecular weight excluding hydrogens is 128 g/mol. The molecular formula is C8H6O2. The van der Waals surface area contributed by atoms with Gasteiger partial charge in [0.1, 0.15) is 5.75 Å². The highest BCUT2D eigenvalue weighted by atomic mass is 16.3. The van der Waals surface area contributed by atoms with Crippen LogP contribution in [0.4, 0.5) is 0 Å². The number of benzene rings is 1. The molecule has 1 N–H and O–H groups in total. The van der Waals surface area contributed by atoms with E-state index in [1.165, 1.54) is 0 Å². The number of hydrogen-bond donors (Lipinski definition) is 1. The number of phenols is 1. The number of Topliss-reactive ketones (excluding diaryl/α,β-unsaturated/α-hetero) is 1. The van der Waals surface area contributed by atoms with Crippen LogP contribution in [0.3, 0.4) is 0 Å². The molecule has 0 unspecified atom stereocenters. The third-order valence-corrected chi connectivity index (χ3v) is 1.73. The second-order valence-electron chi connectivity index (χ2n) is 2.45. The number of carbonyl (C=O) groups is 1. The lowest BCUT2D eigenvalue weighted by Crippen LogP contribution is -2.09. The first-order chi connectivity index (χ1) is 4.77. The van der Waals surface area contributed by atoms with Crippen molar-refractivity contribution in [3.63, 3.8) is 0 Å². The summed E-state index contributed by atoms with van der Waals surface area (Å²) < 4.78 is 0. The zero-order valence-corrected chi connectivity index (χ0v) is 5.29. The third kappa shape index (κ3) is 0.559. The molecule has 0 spiro atoms. The smallest absolute Gasteiger partial charge is 0.170 e. The van der Waals surface area contributed by atoms with Gasteiger partial charge >= 0.3 is 0 Å². The molecule has 2 aliphatic rings. The highest BCUT2D eigenvalue weighted by molar-refractivity contribution is 6.02. The van der Waals surface area contributed by atoms with E-state index < -0.39 is 0 Å². The van der Waals surface area contributed by atoms with E-state index in [1.807, 2.05) is 6.07 Å². The zero-order chi connectivity index (χ0) is 7.14. The number of phenolic OH excluding ortho intramolecular Hbond substituents is 1. The van der Waals surface area contributed by atoms with Crippen molar-refractivity contribution < 1.29 is 9.90 Å². The lowest BCUT2D eigenvalue weighted by atomic mass is 9.94. The minimum atomic E-state index is 0.0255. The monoisotopic (exact) mass is 134 g/mol. The molecule has 10 heavy (non-hydrogen) atoms. The van der Waals surface area contributed by atoms with Gasteiger partial charge in [0.25, 0.3) is 0 Å². The van der Waals surface area contributed by atoms with Crippen molar-refractivity contribution in [1.29, 1.82) is 0 Å². The lowest BCUT2D eigenvalue weighted by molar-refractivity contribution is 0.0986. The first-order valence-electron chi connectivity index (χ1n) is 3.12. The number of fused-ring (bicyclic) bond motifs is 3. The minimum absolute atomic E-state index is 0.0255. The zero-order valence-electron chi connectivity index (χ0n) is 5.29. The summed E-state index contributed by atoms with van der Waals surface area (Å²) in [6, 6.07) is 5.16. The SMILES string of the molecule is O=C1Cc2ccc1c(O)c2. The van der Waals surface area contributed by atoms with E-state index >= 15 is 0 Å². The molecule has 2 bridgehead atoms. The molecule has 3 rings (SSSR count). The van der Waals surface area contributed by atoms with Gasteiger partial charge in [-0.25, -0.2) is 0 Å². The molecule has 0 saturated carbocycles. The fraction of sp³-hybridized carbons (Fsp3) is 0.125. The molecule has 0 saturated heterocycles. The first kappa shape index (κ1) is 5.47. The molecule has 0 radical (unpaired) electrons. The van der Waals surface area contributed by atoms with Crippen LogP contribution in [-0.4, -0.2) is 10.9 Å². The normalized spacial score (nSPS) is 14.2. The van der Waals surface area contributed by atoms with Crippen LogP contribution >= 0.6 is 0 Å². The molecule has 0 fully saturated rings. The highest BCUT2D eigenvalue weighted by Crippen LogP contribution is 2.26. The lowest BCUT2D eigenvalue weighted by Gasteiger charge is -2.11. The van der Waals surface area contributed by atoms with E-state index in [-0.39, 0.29) is 11.5 Å². The van der Waals surface area contributed by atoms with Gasteiger partial charge in [-0.3, -0.25) is 4.79 Å². The number of ketones is 1. The van der Waals surface area contributed by atoms with Gasteiger partial charge in [-0.2, -0.15) is 0 Å². The fourth-order valence-corrected chi connectivity index (χ4v) is 1.20. The van der Waals surface area contributed by atoms with E-state index in [4.69, 9.17) is 5.11 Å². The summed E-state index contributed by atoms with van der Waals surface area (Å²) in [5, 5.41) is 9.10. The Labute approximate surface area is 58.1 Å². The van der Waals surface area contributed by atoms with Crippen molar-refractivity contribution in [2.45, 2.75) is 6.42 Å². The van der Waals surface area contributed by atoms with Gasteiger partial charge in [-0.15, -0.1) is 0 Å².